The van der Waals surface area contributed by atoms with Crippen molar-refractivity contribution in [3.8, 4) is 0 Å². The van der Waals surface area contributed by atoms with Gasteiger partial charge in [0.15, 0.2) is 0 Å². The summed E-state index contributed by atoms with van der Waals surface area (Å²) in [6.07, 6.45) is 0. The van der Waals surface area contributed by atoms with E-state index in [4.69, 9.17) is 5.10 Å². The fraction of sp³-hybridized carbons (Fsp3) is 0.118. The normalized spacial score (nSPS) is 11.9. The molecule has 5 rings (SSSR count). The number of benzene rings is 2. The first-order chi connectivity index (χ1) is 11.8. The molecule has 3 heterocycles. The van der Waals surface area contributed by atoms with Crippen LogP contribution in [0.1, 0.15) is 5.56 Å². The van der Waals surface area contributed by atoms with Gasteiger partial charge in [-0.15, -0.1) is 15.3 Å². The standard InChI is InChI=1S/C17H14N6S/c1-21-13-9-5-6-10-14(13)22-15-18-19-17(23(15)20-16(21)22)24-11-12-7-3-2-4-8-12/h2-10H,11H2,1H3. The van der Waals surface area contributed by atoms with Gasteiger partial charge in [-0.05, 0) is 17.7 Å². The van der Waals surface area contributed by atoms with Crippen molar-refractivity contribution < 1.29 is 0 Å². The van der Waals surface area contributed by atoms with Gasteiger partial charge in [-0.1, -0.05) is 54.2 Å². The summed E-state index contributed by atoms with van der Waals surface area (Å²) >= 11 is 1.64. The summed E-state index contributed by atoms with van der Waals surface area (Å²) in [6.45, 7) is 0. The van der Waals surface area contributed by atoms with Crippen LogP contribution in [-0.4, -0.2) is 28.8 Å². The molecule has 118 valence electrons. The number of para-hydroxylation sites is 2. The number of hydrogen-bond donors (Lipinski definition) is 0. The second kappa shape index (κ2) is 5.10. The van der Waals surface area contributed by atoms with Crippen LogP contribution in [0.25, 0.3) is 22.6 Å². The maximum atomic E-state index is 4.72. The molecule has 0 spiro atoms. The number of nitrogens with zero attached hydrogens (tertiary/aromatic N) is 6. The number of hydrogen-bond acceptors (Lipinski definition) is 4. The molecule has 0 fully saturated rings. The minimum absolute atomic E-state index is 0.748. The second-order valence-corrected chi connectivity index (χ2v) is 6.59. The van der Waals surface area contributed by atoms with Gasteiger partial charge in [0, 0.05) is 12.8 Å². The van der Waals surface area contributed by atoms with Crippen LogP contribution < -0.4 is 0 Å². The van der Waals surface area contributed by atoms with Crippen molar-refractivity contribution >= 4 is 34.4 Å². The number of aryl methyl sites for hydroxylation is 1. The van der Waals surface area contributed by atoms with Gasteiger partial charge in [-0.3, -0.25) is 0 Å². The van der Waals surface area contributed by atoms with Gasteiger partial charge in [-0.25, -0.2) is 4.40 Å². The monoisotopic (exact) mass is 334 g/mol. The third kappa shape index (κ3) is 1.88. The van der Waals surface area contributed by atoms with Crippen LogP contribution in [0, 0.1) is 0 Å². The number of thioether (sulfide) groups is 1. The summed E-state index contributed by atoms with van der Waals surface area (Å²) < 4.78 is 5.96. The summed E-state index contributed by atoms with van der Waals surface area (Å²) in [5.41, 5.74) is 3.47. The van der Waals surface area contributed by atoms with Crippen molar-refractivity contribution in [1.29, 1.82) is 0 Å². The fourth-order valence-corrected chi connectivity index (χ4v) is 3.83. The fourth-order valence-electron chi connectivity index (χ4n) is 3.00. The number of imidazole rings is 1. The van der Waals surface area contributed by atoms with Gasteiger partial charge < -0.3 is 4.57 Å². The zero-order chi connectivity index (χ0) is 16.1. The van der Waals surface area contributed by atoms with E-state index in [1.54, 1.807) is 11.8 Å². The Morgan fingerprint density at radius 3 is 2.46 bits per heavy atom. The van der Waals surface area contributed by atoms with Gasteiger partial charge in [-0.2, -0.15) is 4.52 Å². The Bertz CT molecular complexity index is 1170. The largest absolute Gasteiger partial charge is 0.311 e. The quantitative estimate of drug-likeness (QED) is 0.476. The first-order valence-electron chi connectivity index (χ1n) is 7.67. The molecule has 0 aliphatic carbocycles. The molecule has 0 atom stereocenters. The molecule has 0 radical (unpaired) electrons. The number of fused-ring (bicyclic) bond motifs is 5. The molecule has 0 aliphatic heterocycles. The van der Waals surface area contributed by atoms with E-state index in [0.29, 0.717) is 0 Å². The molecule has 5 aromatic rings. The average molecular weight is 334 g/mol. The van der Waals surface area contributed by atoms with Crippen LogP contribution in [0.3, 0.4) is 0 Å². The maximum absolute atomic E-state index is 4.72. The van der Waals surface area contributed by atoms with Gasteiger partial charge in [0.2, 0.25) is 10.9 Å². The maximum Gasteiger partial charge on any atom is 0.260 e. The summed E-state index contributed by atoms with van der Waals surface area (Å²) in [6, 6.07) is 18.6. The first-order valence-corrected chi connectivity index (χ1v) is 8.65. The molecule has 0 saturated heterocycles. The molecule has 0 amide bonds. The summed E-state index contributed by atoms with van der Waals surface area (Å²) in [5.74, 6) is 2.45. The third-order valence-corrected chi connectivity index (χ3v) is 5.17. The molecular formula is C17H14N6S. The van der Waals surface area contributed by atoms with E-state index in [0.717, 1.165) is 33.5 Å². The Morgan fingerprint density at radius 1 is 0.875 bits per heavy atom. The number of rotatable bonds is 3. The molecule has 0 N–H and O–H groups in total. The zero-order valence-electron chi connectivity index (χ0n) is 13.0. The highest BCUT2D eigenvalue weighted by molar-refractivity contribution is 7.98. The van der Waals surface area contributed by atoms with E-state index in [2.05, 4.69) is 43.4 Å². The Labute approximate surface area is 141 Å². The van der Waals surface area contributed by atoms with Crippen molar-refractivity contribution in [2.75, 3.05) is 0 Å². The van der Waals surface area contributed by atoms with Gasteiger partial charge in [0.05, 0.1) is 11.0 Å². The second-order valence-electron chi connectivity index (χ2n) is 5.65. The molecule has 0 aliphatic rings. The predicted octanol–water partition coefficient (Wildman–Crippen LogP) is 3.16. The lowest BCUT2D eigenvalue weighted by Crippen LogP contribution is -1.92. The average Bonchev–Trinajstić information content (AvgIpc) is 3.26. The molecule has 0 bridgehead atoms. The highest BCUT2D eigenvalue weighted by atomic mass is 32.2. The van der Waals surface area contributed by atoms with Crippen molar-refractivity contribution in [2.24, 2.45) is 7.05 Å². The predicted molar refractivity (Wildman–Crippen MR) is 94.2 cm³/mol. The molecule has 24 heavy (non-hydrogen) atoms. The topological polar surface area (TPSA) is 52.4 Å². The van der Waals surface area contributed by atoms with Gasteiger partial charge in [0.1, 0.15) is 0 Å². The lowest BCUT2D eigenvalue weighted by molar-refractivity contribution is 0.816. The van der Waals surface area contributed by atoms with Crippen molar-refractivity contribution in [2.45, 2.75) is 10.9 Å². The minimum Gasteiger partial charge on any atom is -0.311 e. The molecule has 0 unspecified atom stereocenters. The van der Waals surface area contributed by atoms with Crippen LogP contribution >= 0.6 is 11.8 Å². The molecule has 7 heteroatoms. The molecule has 6 nitrogen and oxygen atoms in total. The third-order valence-electron chi connectivity index (χ3n) is 4.18. The molecule has 0 saturated carbocycles. The highest BCUT2D eigenvalue weighted by Crippen LogP contribution is 2.25. The van der Waals surface area contributed by atoms with E-state index >= 15 is 0 Å². The van der Waals surface area contributed by atoms with Gasteiger partial charge in [0.25, 0.3) is 5.78 Å². The van der Waals surface area contributed by atoms with E-state index in [1.807, 2.05) is 41.9 Å². The summed E-state index contributed by atoms with van der Waals surface area (Å²) in [5, 5.41) is 14.2. The van der Waals surface area contributed by atoms with E-state index in [1.165, 1.54) is 5.56 Å². The molecule has 2 aromatic carbocycles. The van der Waals surface area contributed by atoms with Crippen molar-refractivity contribution in [3.63, 3.8) is 0 Å². The molecule has 3 aromatic heterocycles. The van der Waals surface area contributed by atoms with Gasteiger partial charge >= 0.3 is 0 Å². The zero-order valence-corrected chi connectivity index (χ0v) is 13.8. The van der Waals surface area contributed by atoms with Crippen molar-refractivity contribution in [1.82, 2.24) is 28.8 Å². The highest BCUT2D eigenvalue weighted by Gasteiger charge is 2.18. The van der Waals surface area contributed by atoms with E-state index in [9.17, 15) is 0 Å². The smallest absolute Gasteiger partial charge is 0.260 e. The minimum atomic E-state index is 0.748. The Balaban J connectivity index is 1.63. The Kier molecular flexibility index (Phi) is 2.90. The van der Waals surface area contributed by atoms with Crippen LogP contribution in [0.2, 0.25) is 0 Å². The van der Waals surface area contributed by atoms with E-state index < -0.39 is 0 Å². The SMILES string of the molecule is Cn1c2ccccc2n2c1nn1c(SCc3ccccc3)nnc12. The lowest BCUT2D eigenvalue weighted by Gasteiger charge is -1.98. The number of aromatic nitrogens is 6. The van der Waals surface area contributed by atoms with Crippen LogP contribution in [-0.2, 0) is 12.8 Å². The lowest BCUT2D eigenvalue weighted by atomic mass is 10.2. The Morgan fingerprint density at radius 2 is 1.62 bits per heavy atom. The van der Waals surface area contributed by atoms with Crippen molar-refractivity contribution in [3.05, 3.63) is 60.2 Å². The first kappa shape index (κ1) is 13.6. The summed E-state index contributed by atoms with van der Waals surface area (Å²) in [4.78, 5) is 0. The van der Waals surface area contributed by atoms with Crippen LogP contribution in [0.5, 0.6) is 0 Å². The summed E-state index contributed by atoms with van der Waals surface area (Å²) in [7, 11) is 2.02. The Hall–Kier alpha value is -2.80. The van der Waals surface area contributed by atoms with Crippen LogP contribution in [0.15, 0.2) is 59.8 Å². The molecular weight excluding hydrogens is 320 g/mol. The van der Waals surface area contributed by atoms with Crippen LogP contribution in [0.4, 0.5) is 0 Å². The van der Waals surface area contributed by atoms with E-state index in [-0.39, 0.29) is 0 Å².